The third kappa shape index (κ3) is 3.09. The van der Waals surface area contributed by atoms with Gasteiger partial charge in [-0.25, -0.2) is 4.39 Å². The van der Waals surface area contributed by atoms with Crippen LogP contribution in [0.15, 0.2) is 48.5 Å². The summed E-state index contributed by atoms with van der Waals surface area (Å²) in [6, 6.07) is 14.8. The van der Waals surface area contributed by atoms with Crippen LogP contribution in [0.2, 0.25) is 0 Å². The molecular weight excluding hydrogens is 340 g/mol. The van der Waals surface area contributed by atoms with Crippen LogP contribution in [0.3, 0.4) is 0 Å². The van der Waals surface area contributed by atoms with Gasteiger partial charge in [0, 0.05) is 14.7 Å². The van der Waals surface area contributed by atoms with Gasteiger partial charge in [-0.05, 0) is 59.7 Å². The van der Waals surface area contributed by atoms with Crippen molar-refractivity contribution in [3.8, 4) is 0 Å². The van der Waals surface area contributed by atoms with Crippen LogP contribution in [-0.2, 0) is 12.0 Å². The van der Waals surface area contributed by atoms with Gasteiger partial charge in [-0.2, -0.15) is 0 Å². The number of hydrogen-bond donors (Lipinski definition) is 1. The minimum Gasteiger partial charge on any atom is -0.321 e. The van der Waals surface area contributed by atoms with Crippen molar-refractivity contribution in [3.63, 3.8) is 0 Å². The molecule has 1 atom stereocenters. The Morgan fingerprint density at radius 1 is 1.11 bits per heavy atom. The first-order valence-electron chi connectivity index (χ1n) is 5.77. The Morgan fingerprint density at radius 3 is 2.33 bits per heavy atom. The molecule has 3 heteroatoms. The highest BCUT2D eigenvalue weighted by Crippen LogP contribution is 2.25. The second-order valence-electron chi connectivity index (χ2n) is 4.70. The molecule has 1 unspecified atom stereocenters. The van der Waals surface area contributed by atoms with Crippen LogP contribution in [-0.4, -0.2) is 0 Å². The molecule has 0 saturated heterocycles. The SMILES string of the molecule is CC(N)(Cc1ccc(I)cc1)c1ccccc1F. The number of halogens is 2. The van der Waals surface area contributed by atoms with E-state index in [-0.39, 0.29) is 5.82 Å². The van der Waals surface area contributed by atoms with Gasteiger partial charge < -0.3 is 5.73 Å². The number of hydrogen-bond acceptors (Lipinski definition) is 1. The van der Waals surface area contributed by atoms with Crippen molar-refractivity contribution in [2.75, 3.05) is 0 Å². The summed E-state index contributed by atoms with van der Waals surface area (Å²) in [5.41, 5.74) is 7.24. The molecule has 94 valence electrons. The predicted molar refractivity (Wildman–Crippen MR) is 80.8 cm³/mol. The van der Waals surface area contributed by atoms with E-state index in [0.29, 0.717) is 12.0 Å². The molecular formula is C15H15FIN. The molecule has 0 spiro atoms. The van der Waals surface area contributed by atoms with Crippen LogP contribution in [0, 0.1) is 9.39 Å². The van der Waals surface area contributed by atoms with Crippen LogP contribution < -0.4 is 5.73 Å². The van der Waals surface area contributed by atoms with Gasteiger partial charge in [0.25, 0.3) is 0 Å². The summed E-state index contributed by atoms with van der Waals surface area (Å²) < 4.78 is 15.0. The summed E-state index contributed by atoms with van der Waals surface area (Å²) in [4.78, 5) is 0. The van der Waals surface area contributed by atoms with E-state index in [0.717, 1.165) is 5.56 Å². The van der Waals surface area contributed by atoms with Crippen LogP contribution in [0.1, 0.15) is 18.1 Å². The molecule has 0 aromatic heterocycles. The van der Waals surface area contributed by atoms with Gasteiger partial charge in [0.05, 0.1) is 0 Å². The zero-order valence-electron chi connectivity index (χ0n) is 10.2. The smallest absolute Gasteiger partial charge is 0.128 e. The third-order valence-electron chi connectivity index (χ3n) is 2.97. The maximum atomic E-state index is 13.8. The van der Waals surface area contributed by atoms with E-state index in [1.165, 1.54) is 9.64 Å². The minimum absolute atomic E-state index is 0.243. The van der Waals surface area contributed by atoms with Crippen molar-refractivity contribution in [3.05, 3.63) is 69.0 Å². The van der Waals surface area contributed by atoms with Crippen LogP contribution >= 0.6 is 22.6 Å². The van der Waals surface area contributed by atoms with E-state index < -0.39 is 5.54 Å². The Labute approximate surface area is 120 Å². The predicted octanol–water partition coefficient (Wildman–Crippen LogP) is 3.85. The fourth-order valence-corrected chi connectivity index (χ4v) is 2.41. The average molecular weight is 355 g/mol. The molecule has 0 bridgehead atoms. The third-order valence-corrected chi connectivity index (χ3v) is 3.69. The maximum Gasteiger partial charge on any atom is 0.128 e. The molecule has 18 heavy (non-hydrogen) atoms. The van der Waals surface area contributed by atoms with Crippen molar-refractivity contribution in [1.29, 1.82) is 0 Å². The summed E-state index contributed by atoms with van der Waals surface area (Å²) in [7, 11) is 0. The van der Waals surface area contributed by atoms with Crippen molar-refractivity contribution in [1.82, 2.24) is 0 Å². The Kier molecular flexibility index (Phi) is 4.02. The Bertz CT molecular complexity index is 534. The fraction of sp³-hybridized carbons (Fsp3) is 0.200. The lowest BCUT2D eigenvalue weighted by Gasteiger charge is -2.26. The first-order chi connectivity index (χ1) is 8.49. The Hall–Kier alpha value is -0.940. The lowest BCUT2D eigenvalue weighted by molar-refractivity contribution is 0.457. The lowest BCUT2D eigenvalue weighted by atomic mass is 9.86. The van der Waals surface area contributed by atoms with Crippen LogP contribution in [0.4, 0.5) is 4.39 Å². The molecule has 0 aliphatic rings. The van der Waals surface area contributed by atoms with E-state index in [1.54, 1.807) is 12.1 Å². The first-order valence-corrected chi connectivity index (χ1v) is 6.85. The molecule has 1 nitrogen and oxygen atoms in total. The van der Waals surface area contributed by atoms with Gasteiger partial charge in [0.1, 0.15) is 5.82 Å². The van der Waals surface area contributed by atoms with Crippen LogP contribution in [0.25, 0.3) is 0 Å². The Morgan fingerprint density at radius 2 is 1.72 bits per heavy atom. The monoisotopic (exact) mass is 355 g/mol. The van der Waals surface area contributed by atoms with Gasteiger partial charge in [-0.15, -0.1) is 0 Å². The zero-order valence-corrected chi connectivity index (χ0v) is 12.3. The van der Waals surface area contributed by atoms with Crippen molar-refractivity contribution >= 4 is 22.6 Å². The quantitative estimate of drug-likeness (QED) is 0.832. The number of nitrogens with two attached hydrogens (primary N) is 1. The highest BCUT2D eigenvalue weighted by Gasteiger charge is 2.24. The van der Waals surface area contributed by atoms with E-state index in [4.69, 9.17) is 5.73 Å². The molecule has 0 radical (unpaired) electrons. The topological polar surface area (TPSA) is 26.0 Å². The van der Waals surface area contributed by atoms with Gasteiger partial charge in [0.2, 0.25) is 0 Å². The van der Waals surface area contributed by atoms with Gasteiger partial charge in [0.15, 0.2) is 0 Å². The molecule has 2 aromatic rings. The summed E-state index contributed by atoms with van der Waals surface area (Å²) in [6.07, 6.45) is 0.616. The molecule has 0 saturated carbocycles. The molecule has 0 fully saturated rings. The summed E-state index contributed by atoms with van der Waals surface area (Å²) in [5.74, 6) is -0.243. The van der Waals surface area contributed by atoms with Crippen molar-refractivity contribution < 1.29 is 4.39 Å². The molecule has 0 aliphatic heterocycles. The maximum absolute atomic E-state index is 13.8. The van der Waals surface area contributed by atoms with Crippen molar-refractivity contribution in [2.24, 2.45) is 5.73 Å². The summed E-state index contributed by atoms with van der Waals surface area (Å²) in [5, 5.41) is 0. The van der Waals surface area contributed by atoms with Gasteiger partial charge >= 0.3 is 0 Å². The summed E-state index contributed by atoms with van der Waals surface area (Å²) >= 11 is 2.26. The second kappa shape index (κ2) is 5.36. The summed E-state index contributed by atoms with van der Waals surface area (Å²) in [6.45, 7) is 1.86. The van der Waals surface area contributed by atoms with E-state index >= 15 is 0 Å². The largest absolute Gasteiger partial charge is 0.321 e. The lowest BCUT2D eigenvalue weighted by Crippen LogP contribution is -2.36. The standard InChI is InChI=1S/C15H15FIN/c1-15(18,13-4-2-3-5-14(13)16)10-11-6-8-12(17)9-7-11/h2-9H,10,18H2,1H3. The van der Waals surface area contributed by atoms with E-state index in [9.17, 15) is 4.39 Å². The van der Waals surface area contributed by atoms with Crippen molar-refractivity contribution in [2.45, 2.75) is 18.9 Å². The number of rotatable bonds is 3. The molecule has 0 heterocycles. The highest BCUT2D eigenvalue weighted by molar-refractivity contribution is 14.1. The van der Waals surface area contributed by atoms with Gasteiger partial charge in [-0.3, -0.25) is 0 Å². The highest BCUT2D eigenvalue weighted by atomic mass is 127. The van der Waals surface area contributed by atoms with E-state index in [1.807, 2.05) is 37.3 Å². The normalized spacial score (nSPS) is 14.2. The van der Waals surface area contributed by atoms with Crippen LogP contribution in [0.5, 0.6) is 0 Å². The molecule has 0 amide bonds. The molecule has 2 rings (SSSR count). The number of benzene rings is 2. The molecule has 2 aromatic carbocycles. The zero-order chi connectivity index (χ0) is 13.2. The average Bonchev–Trinajstić information content (AvgIpc) is 2.32. The molecule has 0 aliphatic carbocycles. The second-order valence-corrected chi connectivity index (χ2v) is 5.95. The Balaban J connectivity index is 2.27. The minimum atomic E-state index is -0.696. The first kappa shape index (κ1) is 13.5. The fourth-order valence-electron chi connectivity index (χ4n) is 2.05. The van der Waals surface area contributed by atoms with Gasteiger partial charge in [-0.1, -0.05) is 30.3 Å². The molecule has 2 N–H and O–H groups in total. The van der Waals surface area contributed by atoms with E-state index in [2.05, 4.69) is 22.6 Å².